The quantitative estimate of drug-likeness (QED) is 0.923. The van der Waals surface area contributed by atoms with Crippen molar-refractivity contribution in [3.63, 3.8) is 0 Å². The highest BCUT2D eigenvalue weighted by Gasteiger charge is 2.33. The molecule has 2 aromatic rings. The summed E-state index contributed by atoms with van der Waals surface area (Å²) in [5.74, 6) is 0.442. The molecule has 4 rings (SSSR count). The lowest BCUT2D eigenvalue weighted by Gasteiger charge is -2.26. The van der Waals surface area contributed by atoms with Gasteiger partial charge in [-0.15, -0.1) is 0 Å². The molecule has 1 aliphatic carbocycles. The molecule has 0 spiro atoms. The zero-order chi connectivity index (χ0) is 15.6. The molecule has 1 aliphatic heterocycles. The Kier molecular flexibility index (Phi) is 4.02. The number of fused-ring (bicyclic) bond motifs is 1. The predicted molar refractivity (Wildman–Crippen MR) is 90.7 cm³/mol. The van der Waals surface area contributed by atoms with E-state index in [-0.39, 0.29) is 6.10 Å². The molecule has 0 bridgehead atoms. The van der Waals surface area contributed by atoms with Crippen molar-refractivity contribution >= 4 is 6.08 Å². The minimum atomic E-state index is -0.362. The van der Waals surface area contributed by atoms with E-state index in [9.17, 15) is 5.11 Å². The first kappa shape index (κ1) is 14.7. The average molecular weight is 309 g/mol. The van der Waals surface area contributed by atoms with Gasteiger partial charge in [0, 0.05) is 19.6 Å². The van der Waals surface area contributed by atoms with Gasteiger partial charge in [-0.1, -0.05) is 42.5 Å². The molecular weight excluding hydrogens is 286 g/mol. The summed E-state index contributed by atoms with van der Waals surface area (Å²) >= 11 is 0. The van der Waals surface area contributed by atoms with Gasteiger partial charge in [0.2, 0.25) is 0 Å². The van der Waals surface area contributed by atoms with Crippen LogP contribution in [0.1, 0.15) is 35.9 Å². The Balaban J connectivity index is 1.37. The van der Waals surface area contributed by atoms with Crippen molar-refractivity contribution in [1.29, 1.82) is 0 Å². The van der Waals surface area contributed by atoms with Gasteiger partial charge in [0.25, 0.3) is 0 Å². The molecule has 4 nitrogen and oxygen atoms in total. The molecule has 1 N–H and O–H groups in total. The molecule has 1 fully saturated rings. The van der Waals surface area contributed by atoms with E-state index in [4.69, 9.17) is 0 Å². The number of rotatable bonds is 5. The fourth-order valence-electron chi connectivity index (χ4n) is 3.20. The average Bonchev–Trinajstić information content (AvgIpc) is 3.34. The first-order valence-corrected chi connectivity index (χ1v) is 8.48. The number of hydrogen-bond donors (Lipinski definition) is 1. The van der Waals surface area contributed by atoms with Gasteiger partial charge in [0.05, 0.1) is 17.9 Å². The maximum atomic E-state index is 10.2. The summed E-state index contributed by atoms with van der Waals surface area (Å²) in [6, 6.07) is 12.5. The molecule has 1 saturated carbocycles. The van der Waals surface area contributed by atoms with E-state index in [0.717, 1.165) is 44.7 Å². The smallest absolute Gasteiger partial charge is 0.101 e. The van der Waals surface area contributed by atoms with E-state index in [1.165, 1.54) is 11.3 Å². The molecular formula is C19H23N3O. The number of nitrogens with zero attached hydrogens (tertiary/aromatic N) is 3. The fraction of sp³-hybridized carbons (Fsp3) is 0.421. The van der Waals surface area contributed by atoms with Crippen molar-refractivity contribution in [2.24, 2.45) is 5.92 Å². The zero-order valence-electron chi connectivity index (χ0n) is 13.3. The lowest BCUT2D eigenvalue weighted by atomic mass is 10.1. The van der Waals surface area contributed by atoms with Gasteiger partial charge in [-0.2, -0.15) is 5.10 Å². The Morgan fingerprint density at radius 1 is 1.22 bits per heavy atom. The molecule has 0 amide bonds. The summed E-state index contributed by atoms with van der Waals surface area (Å²) in [6.45, 7) is 3.77. The van der Waals surface area contributed by atoms with E-state index in [0.29, 0.717) is 5.92 Å². The van der Waals surface area contributed by atoms with Crippen LogP contribution in [0.15, 0.2) is 42.5 Å². The third kappa shape index (κ3) is 3.38. The predicted octanol–water partition coefficient (Wildman–Crippen LogP) is 2.86. The van der Waals surface area contributed by atoms with Crippen molar-refractivity contribution in [3.05, 3.63) is 59.4 Å². The standard InChI is InChI=1S/C19H23N3O/c23-19(16-8-9-16)18-13-17-14-21(11-12-22(17)20-18)10-4-7-15-5-2-1-3-6-15/h1-7,13,16,19,23H,8-12,14H2/b7-4+/t19-/m1/s1. The molecule has 1 aromatic carbocycles. The second-order valence-corrected chi connectivity index (χ2v) is 6.61. The van der Waals surface area contributed by atoms with Crippen LogP contribution in [0.2, 0.25) is 0 Å². The van der Waals surface area contributed by atoms with Gasteiger partial charge in [0.15, 0.2) is 0 Å². The normalized spacial score (nSPS) is 19.9. The van der Waals surface area contributed by atoms with Crippen molar-refractivity contribution in [2.75, 3.05) is 13.1 Å². The Morgan fingerprint density at radius 3 is 2.83 bits per heavy atom. The van der Waals surface area contributed by atoms with Crippen molar-refractivity contribution < 1.29 is 5.11 Å². The van der Waals surface area contributed by atoms with Crippen LogP contribution in [0.5, 0.6) is 0 Å². The number of benzene rings is 1. The Labute approximate surface area is 137 Å². The van der Waals surface area contributed by atoms with Crippen LogP contribution < -0.4 is 0 Å². The highest BCUT2D eigenvalue weighted by molar-refractivity contribution is 5.48. The monoisotopic (exact) mass is 309 g/mol. The molecule has 0 saturated heterocycles. The molecule has 2 heterocycles. The van der Waals surface area contributed by atoms with Crippen LogP contribution in [0, 0.1) is 5.92 Å². The van der Waals surface area contributed by atoms with E-state index in [1.54, 1.807) is 0 Å². The Morgan fingerprint density at radius 2 is 2.04 bits per heavy atom. The summed E-state index contributed by atoms with van der Waals surface area (Å²) in [5.41, 5.74) is 3.33. The first-order valence-electron chi connectivity index (χ1n) is 8.48. The minimum Gasteiger partial charge on any atom is -0.386 e. The minimum absolute atomic E-state index is 0.362. The van der Waals surface area contributed by atoms with Crippen molar-refractivity contribution in [2.45, 2.75) is 32.0 Å². The highest BCUT2D eigenvalue weighted by atomic mass is 16.3. The van der Waals surface area contributed by atoms with Gasteiger partial charge >= 0.3 is 0 Å². The first-order chi connectivity index (χ1) is 11.3. The molecule has 23 heavy (non-hydrogen) atoms. The Bertz CT molecular complexity index is 688. The molecule has 2 aliphatic rings. The second kappa shape index (κ2) is 6.30. The fourth-order valence-corrected chi connectivity index (χ4v) is 3.20. The maximum Gasteiger partial charge on any atom is 0.101 e. The second-order valence-electron chi connectivity index (χ2n) is 6.61. The summed E-state index contributed by atoms with van der Waals surface area (Å²) in [5, 5.41) is 14.8. The Hall–Kier alpha value is -1.91. The van der Waals surface area contributed by atoms with Gasteiger partial charge in [-0.3, -0.25) is 9.58 Å². The molecule has 1 atom stereocenters. The number of aliphatic hydroxyl groups excluding tert-OH is 1. The lowest BCUT2D eigenvalue weighted by Crippen LogP contribution is -2.33. The third-order valence-electron chi connectivity index (χ3n) is 4.74. The number of hydrogen-bond acceptors (Lipinski definition) is 3. The lowest BCUT2D eigenvalue weighted by molar-refractivity contribution is 0.147. The molecule has 1 aromatic heterocycles. The van der Waals surface area contributed by atoms with E-state index in [1.807, 2.05) is 6.07 Å². The maximum absolute atomic E-state index is 10.2. The van der Waals surface area contributed by atoms with E-state index >= 15 is 0 Å². The number of aromatic nitrogens is 2. The summed E-state index contributed by atoms with van der Waals surface area (Å²) in [7, 11) is 0. The number of aliphatic hydroxyl groups is 1. The SMILES string of the molecule is O[C@@H](c1cc2n(n1)CCN(C/C=C/c1ccccc1)C2)C1CC1. The molecule has 4 heteroatoms. The van der Waals surface area contributed by atoms with Crippen molar-refractivity contribution in [3.8, 4) is 0 Å². The van der Waals surface area contributed by atoms with Crippen LogP contribution >= 0.6 is 0 Å². The van der Waals surface area contributed by atoms with Crippen molar-refractivity contribution in [1.82, 2.24) is 14.7 Å². The van der Waals surface area contributed by atoms with E-state index in [2.05, 4.69) is 57.2 Å². The van der Waals surface area contributed by atoms with Crippen LogP contribution in [-0.2, 0) is 13.1 Å². The van der Waals surface area contributed by atoms with E-state index < -0.39 is 0 Å². The largest absolute Gasteiger partial charge is 0.386 e. The van der Waals surface area contributed by atoms with Crippen LogP contribution in [0.3, 0.4) is 0 Å². The van der Waals surface area contributed by atoms with Gasteiger partial charge in [-0.25, -0.2) is 0 Å². The summed E-state index contributed by atoms with van der Waals surface area (Å²) < 4.78 is 2.07. The van der Waals surface area contributed by atoms with Crippen LogP contribution in [0.25, 0.3) is 6.08 Å². The van der Waals surface area contributed by atoms with Crippen LogP contribution in [0.4, 0.5) is 0 Å². The van der Waals surface area contributed by atoms with Gasteiger partial charge in [-0.05, 0) is 30.4 Å². The zero-order valence-corrected chi connectivity index (χ0v) is 13.3. The topological polar surface area (TPSA) is 41.3 Å². The molecule has 0 unspecified atom stereocenters. The summed E-state index contributed by atoms with van der Waals surface area (Å²) in [6.07, 6.45) is 6.31. The highest BCUT2D eigenvalue weighted by Crippen LogP contribution is 2.40. The third-order valence-corrected chi connectivity index (χ3v) is 4.74. The summed E-state index contributed by atoms with van der Waals surface area (Å²) in [4.78, 5) is 2.42. The van der Waals surface area contributed by atoms with Gasteiger partial charge in [0.1, 0.15) is 6.10 Å². The van der Waals surface area contributed by atoms with Gasteiger partial charge < -0.3 is 5.11 Å². The molecule has 120 valence electrons. The van der Waals surface area contributed by atoms with Crippen LogP contribution in [-0.4, -0.2) is 32.9 Å². The molecule has 0 radical (unpaired) electrons.